The van der Waals surface area contributed by atoms with E-state index in [1.165, 1.54) is 29.5 Å². The summed E-state index contributed by atoms with van der Waals surface area (Å²) in [6, 6.07) is 7.75. The quantitative estimate of drug-likeness (QED) is 0.626. The van der Waals surface area contributed by atoms with Gasteiger partial charge >= 0.3 is 0 Å². The highest BCUT2D eigenvalue weighted by molar-refractivity contribution is 8.00. The van der Waals surface area contributed by atoms with Crippen LogP contribution in [0.25, 0.3) is 0 Å². The van der Waals surface area contributed by atoms with Crippen LogP contribution in [0.2, 0.25) is 0 Å². The lowest BCUT2D eigenvalue weighted by Gasteiger charge is -2.21. The summed E-state index contributed by atoms with van der Waals surface area (Å²) < 4.78 is 0. The lowest BCUT2D eigenvalue weighted by molar-refractivity contribution is -0.120. The maximum absolute atomic E-state index is 12.5. The summed E-state index contributed by atoms with van der Waals surface area (Å²) >= 11 is 2.92. The molecule has 5 nitrogen and oxygen atoms in total. The Balaban J connectivity index is 1.60. The number of nitrogens with zero attached hydrogens (tertiary/aromatic N) is 1. The molecule has 0 bridgehead atoms. The first-order valence-electron chi connectivity index (χ1n) is 9.43. The molecule has 1 aliphatic carbocycles. The largest absolute Gasteiger partial charge is 0.326 e. The zero-order chi connectivity index (χ0) is 19.1. The predicted octanol–water partition coefficient (Wildman–Crippen LogP) is 5.17. The van der Waals surface area contributed by atoms with Gasteiger partial charge in [-0.15, -0.1) is 23.1 Å². The number of hydrogen-bond acceptors (Lipinski definition) is 5. The first-order valence-corrected chi connectivity index (χ1v) is 11.2. The Hall–Kier alpha value is -1.86. The van der Waals surface area contributed by atoms with E-state index in [4.69, 9.17) is 0 Å². The van der Waals surface area contributed by atoms with E-state index >= 15 is 0 Å². The lowest BCUT2D eigenvalue weighted by atomic mass is 9.88. The van der Waals surface area contributed by atoms with Crippen LogP contribution in [0, 0.1) is 5.92 Å². The standard InChI is InChI=1S/C20H25N3O2S2/c1-2-17(19(25)23-20-21-11-12-26-20)27-16-10-6-9-15(13-16)22-18(24)14-7-4-3-5-8-14/h6,9-14,17H,2-5,7-8H2,1H3,(H,22,24)(H,21,23,25). The van der Waals surface area contributed by atoms with Crippen LogP contribution in [0.1, 0.15) is 45.4 Å². The number of carbonyl (C=O) groups excluding carboxylic acids is 2. The molecule has 0 spiro atoms. The van der Waals surface area contributed by atoms with Crippen molar-refractivity contribution in [2.24, 2.45) is 5.92 Å². The van der Waals surface area contributed by atoms with Gasteiger partial charge in [-0.2, -0.15) is 0 Å². The third-order valence-corrected chi connectivity index (χ3v) is 6.73. The van der Waals surface area contributed by atoms with Gasteiger partial charge in [0.05, 0.1) is 5.25 Å². The number of nitrogens with one attached hydrogen (secondary N) is 2. The first-order chi connectivity index (χ1) is 13.2. The van der Waals surface area contributed by atoms with Crippen molar-refractivity contribution in [3.63, 3.8) is 0 Å². The van der Waals surface area contributed by atoms with E-state index in [-0.39, 0.29) is 23.0 Å². The molecule has 2 aromatic rings. The lowest BCUT2D eigenvalue weighted by Crippen LogP contribution is -2.25. The summed E-state index contributed by atoms with van der Waals surface area (Å²) in [5.41, 5.74) is 0.797. The summed E-state index contributed by atoms with van der Waals surface area (Å²) in [6.45, 7) is 1.99. The molecule has 1 aliphatic rings. The molecule has 1 fully saturated rings. The molecule has 144 valence electrons. The Labute approximate surface area is 168 Å². The summed E-state index contributed by atoms with van der Waals surface area (Å²) in [4.78, 5) is 30.0. The van der Waals surface area contributed by atoms with Crippen LogP contribution in [0.15, 0.2) is 40.7 Å². The molecule has 1 unspecified atom stereocenters. The van der Waals surface area contributed by atoms with Crippen LogP contribution in [0.3, 0.4) is 0 Å². The van der Waals surface area contributed by atoms with Crippen molar-refractivity contribution in [2.45, 2.75) is 55.6 Å². The highest BCUT2D eigenvalue weighted by atomic mass is 32.2. The molecule has 0 saturated heterocycles. The van der Waals surface area contributed by atoms with Gasteiger partial charge in [-0.25, -0.2) is 4.98 Å². The molecule has 2 N–H and O–H groups in total. The molecule has 0 aliphatic heterocycles. The molecule has 1 heterocycles. The van der Waals surface area contributed by atoms with E-state index in [1.54, 1.807) is 6.20 Å². The van der Waals surface area contributed by atoms with Gasteiger partial charge in [-0.1, -0.05) is 32.3 Å². The van der Waals surface area contributed by atoms with Gasteiger partial charge in [0.15, 0.2) is 5.13 Å². The van der Waals surface area contributed by atoms with Gasteiger partial charge < -0.3 is 10.6 Å². The third kappa shape index (κ3) is 5.81. The number of hydrogen-bond donors (Lipinski definition) is 2. The smallest absolute Gasteiger partial charge is 0.239 e. The van der Waals surface area contributed by atoms with Crippen molar-refractivity contribution in [1.29, 1.82) is 0 Å². The van der Waals surface area contributed by atoms with E-state index < -0.39 is 0 Å². The van der Waals surface area contributed by atoms with Crippen molar-refractivity contribution in [3.8, 4) is 0 Å². The van der Waals surface area contributed by atoms with Crippen molar-refractivity contribution in [2.75, 3.05) is 10.6 Å². The van der Waals surface area contributed by atoms with Crippen LogP contribution < -0.4 is 10.6 Å². The second-order valence-corrected chi connectivity index (χ2v) is 8.86. The molecule has 1 atom stereocenters. The fourth-order valence-corrected chi connectivity index (χ4v) is 4.76. The van der Waals surface area contributed by atoms with Crippen molar-refractivity contribution >= 4 is 45.7 Å². The first kappa shape index (κ1) is 19.9. The molecule has 1 aromatic heterocycles. The number of aromatic nitrogens is 1. The maximum Gasteiger partial charge on any atom is 0.239 e. The molecule has 0 radical (unpaired) electrons. The van der Waals surface area contributed by atoms with E-state index in [9.17, 15) is 9.59 Å². The third-order valence-electron chi connectivity index (χ3n) is 4.68. The average molecular weight is 404 g/mol. The second-order valence-electron chi connectivity index (χ2n) is 6.69. The number of benzene rings is 1. The Kier molecular flexibility index (Phi) is 7.29. The molecule has 7 heteroatoms. The minimum Gasteiger partial charge on any atom is -0.326 e. The average Bonchev–Trinajstić information content (AvgIpc) is 3.20. The second kappa shape index (κ2) is 9.90. The highest BCUT2D eigenvalue weighted by Gasteiger charge is 2.22. The molecular weight excluding hydrogens is 378 g/mol. The van der Waals surface area contributed by atoms with Crippen LogP contribution in [-0.4, -0.2) is 22.0 Å². The summed E-state index contributed by atoms with van der Waals surface area (Å²) in [5.74, 6) is 0.196. The Morgan fingerprint density at radius 2 is 2.07 bits per heavy atom. The van der Waals surface area contributed by atoms with Gasteiger partial charge in [0.1, 0.15) is 0 Å². The maximum atomic E-state index is 12.5. The molecule has 1 aromatic carbocycles. The van der Waals surface area contributed by atoms with Crippen LogP contribution in [0.5, 0.6) is 0 Å². The van der Waals surface area contributed by atoms with E-state index in [0.717, 1.165) is 36.3 Å². The monoisotopic (exact) mass is 403 g/mol. The van der Waals surface area contributed by atoms with Crippen molar-refractivity contribution in [3.05, 3.63) is 35.8 Å². The summed E-state index contributed by atoms with van der Waals surface area (Å²) in [5, 5.41) is 8.15. The van der Waals surface area contributed by atoms with Gasteiger partial charge in [-0.05, 0) is 37.5 Å². The number of carbonyl (C=O) groups is 2. The molecule has 3 rings (SSSR count). The zero-order valence-corrected chi connectivity index (χ0v) is 17.1. The number of anilines is 2. The molecule has 1 saturated carbocycles. The number of thioether (sulfide) groups is 1. The normalized spacial score (nSPS) is 15.9. The number of thiazole rings is 1. The van der Waals surface area contributed by atoms with Gasteiger partial charge in [0.2, 0.25) is 11.8 Å². The zero-order valence-electron chi connectivity index (χ0n) is 15.4. The van der Waals surface area contributed by atoms with Crippen LogP contribution in [-0.2, 0) is 9.59 Å². The predicted molar refractivity (Wildman–Crippen MR) is 112 cm³/mol. The Bertz CT molecular complexity index is 758. The van der Waals surface area contributed by atoms with E-state index in [0.29, 0.717) is 11.6 Å². The Morgan fingerprint density at radius 1 is 1.26 bits per heavy atom. The van der Waals surface area contributed by atoms with E-state index in [2.05, 4.69) is 15.6 Å². The van der Waals surface area contributed by atoms with Crippen molar-refractivity contribution in [1.82, 2.24) is 4.98 Å². The van der Waals surface area contributed by atoms with Crippen LogP contribution in [0.4, 0.5) is 10.8 Å². The SMILES string of the molecule is CCC(Sc1cccc(NC(=O)C2CCCCC2)c1)C(=O)Nc1nccs1. The van der Waals surface area contributed by atoms with Gasteiger partial charge in [0, 0.05) is 28.1 Å². The number of amides is 2. The van der Waals surface area contributed by atoms with Gasteiger partial charge in [0.25, 0.3) is 0 Å². The minimum atomic E-state index is -0.210. The fourth-order valence-electron chi connectivity index (χ4n) is 3.21. The fraction of sp³-hybridized carbons (Fsp3) is 0.450. The summed E-state index contributed by atoms with van der Waals surface area (Å²) in [7, 11) is 0. The number of rotatable bonds is 7. The Morgan fingerprint density at radius 3 is 2.78 bits per heavy atom. The molecule has 2 amide bonds. The minimum absolute atomic E-state index is 0.0471. The van der Waals surface area contributed by atoms with E-state index in [1.807, 2.05) is 36.6 Å². The van der Waals surface area contributed by atoms with Gasteiger partial charge in [-0.3, -0.25) is 9.59 Å². The topological polar surface area (TPSA) is 71.1 Å². The molecular formula is C20H25N3O2S2. The summed E-state index contributed by atoms with van der Waals surface area (Å²) in [6.07, 6.45) is 7.86. The van der Waals surface area contributed by atoms with Crippen molar-refractivity contribution < 1.29 is 9.59 Å². The van der Waals surface area contributed by atoms with Crippen LogP contribution >= 0.6 is 23.1 Å². The molecule has 27 heavy (non-hydrogen) atoms. The highest BCUT2D eigenvalue weighted by Crippen LogP contribution is 2.30.